The fourth-order valence-corrected chi connectivity index (χ4v) is 5.88. The van der Waals surface area contributed by atoms with Gasteiger partial charge in [-0.2, -0.15) is 0 Å². The van der Waals surface area contributed by atoms with Crippen LogP contribution < -0.4 is 26.4 Å². The fourth-order valence-electron chi connectivity index (χ4n) is 4.96. The Morgan fingerprint density at radius 3 is 2.75 bits per heavy atom. The molecule has 1 saturated heterocycles. The first-order chi connectivity index (χ1) is 13.5. The van der Waals surface area contributed by atoms with Crippen molar-refractivity contribution in [2.24, 2.45) is 11.1 Å². The summed E-state index contributed by atoms with van der Waals surface area (Å²) in [6, 6.07) is 4.44. The van der Waals surface area contributed by atoms with Gasteiger partial charge in [-0.15, -0.1) is 0 Å². The second-order valence-corrected chi connectivity index (χ2v) is 9.30. The predicted molar refractivity (Wildman–Crippen MR) is 111 cm³/mol. The van der Waals surface area contributed by atoms with Gasteiger partial charge in [-0.3, -0.25) is 14.0 Å². The Morgan fingerprint density at radius 1 is 1.32 bits per heavy atom. The van der Waals surface area contributed by atoms with Crippen molar-refractivity contribution in [1.82, 2.24) is 8.94 Å². The van der Waals surface area contributed by atoms with Crippen molar-refractivity contribution >= 4 is 38.3 Å². The van der Waals surface area contributed by atoms with Gasteiger partial charge in [0.05, 0.1) is 23.7 Å². The molecule has 146 valence electrons. The van der Waals surface area contributed by atoms with E-state index in [0.717, 1.165) is 60.6 Å². The molecule has 3 aliphatic rings. The summed E-state index contributed by atoms with van der Waals surface area (Å²) in [6.45, 7) is 1.88. The molecule has 3 fully saturated rings. The lowest BCUT2D eigenvalue weighted by atomic mass is 10.1. The van der Waals surface area contributed by atoms with Crippen molar-refractivity contribution in [1.29, 1.82) is 0 Å². The Morgan fingerprint density at radius 2 is 2.11 bits per heavy atom. The highest BCUT2D eigenvalue weighted by Crippen LogP contribution is 2.54. The summed E-state index contributed by atoms with van der Waals surface area (Å²) >= 11 is 1.25. The largest absolute Gasteiger partial charge is 0.492 e. The van der Waals surface area contributed by atoms with Crippen molar-refractivity contribution in [3.63, 3.8) is 0 Å². The fraction of sp³-hybridized carbons (Fsp3) is 0.500. The molecule has 1 aliphatic heterocycles. The van der Waals surface area contributed by atoms with Gasteiger partial charge in [0.25, 0.3) is 5.56 Å². The van der Waals surface area contributed by atoms with Crippen LogP contribution in [0.25, 0.3) is 21.1 Å². The average Bonchev–Trinajstić information content (AvgIpc) is 3.53. The zero-order valence-corrected chi connectivity index (χ0v) is 16.5. The number of nitrogens with one attached hydrogen (secondary N) is 1. The van der Waals surface area contributed by atoms with Crippen LogP contribution in [0.4, 0.5) is 5.69 Å². The lowest BCUT2D eigenvalue weighted by molar-refractivity contribution is 0.417. The third-order valence-electron chi connectivity index (χ3n) is 6.82. The van der Waals surface area contributed by atoms with Gasteiger partial charge in [0.2, 0.25) is 5.43 Å². The molecule has 7 nitrogen and oxygen atoms in total. The lowest BCUT2D eigenvalue weighted by Gasteiger charge is -2.24. The second kappa shape index (κ2) is 5.39. The number of rotatable bonds is 3. The molecular weight excluding hydrogens is 376 g/mol. The van der Waals surface area contributed by atoms with Crippen LogP contribution in [0.2, 0.25) is 0 Å². The first-order valence-corrected chi connectivity index (χ1v) is 10.6. The third kappa shape index (κ3) is 2.07. The molecule has 1 aromatic carbocycles. The topological polar surface area (TPSA) is 93.3 Å². The van der Waals surface area contributed by atoms with Crippen molar-refractivity contribution in [2.45, 2.75) is 37.8 Å². The van der Waals surface area contributed by atoms with Crippen LogP contribution >= 0.6 is 11.5 Å². The van der Waals surface area contributed by atoms with Crippen LogP contribution in [0.1, 0.15) is 31.7 Å². The summed E-state index contributed by atoms with van der Waals surface area (Å²) in [5, 5.41) is 0.823. The number of anilines is 1. The molecule has 2 aromatic heterocycles. The van der Waals surface area contributed by atoms with Gasteiger partial charge in [0.15, 0.2) is 5.75 Å². The Labute approximate surface area is 164 Å². The minimum Gasteiger partial charge on any atom is -0.492 e. The standard InChI is InChI=1S/C20H22N4O3S/c1-27-17-12(23-7-6-20(9-23)8-13(20)21)5-4-11-15(17)24(10-2-3-10)19-14(16(11)25)18(26)22-28-19/h4-5,10,13H,2-3,6-9,21H2,1H3,(H,22,26). The summed E-state index contributed by atoms with van der Waals surface area (Å²) in [7, 11) is 1.67. The summed E-state index contributed by atoms with van der Waals surface area (Å²) in [5.41, 5.74) is 7.76. The number of pyridine rings is 1. The number of ether oxygens (including phenoxy) is 1. The van der Waals surface area contributed by atoms with E-state index >= 15 is 0 Å². The predicted octanol–water partition coefficient (Wildman–Crippen LogP) is 2.18. The molecule has 2 atom stereocenters. The number of hydrogen-bond donors (Lipinski definition) is 2. The monoisotopic (exact) mass is 398 g/mol. The van der Waals surface area contributed by atoms with E-state index in [9.17, 15) is 9.59 Å². The van der Waals surface area contributed by atoms with E-state index in [-0.39, 0.29) is 21.8 Å². The molecule has 2 aliphatic carbocycles. The molecule has 0 bridgehead atoms. The van der Waals surface area contributed by atoms with Gasteiger partial charge in [-0.05, 0) is 49.3 Å². The Kier molecular flexibility index (Phi) is 3.20. The second-order valence-electron chi connectivity index (χ2n) is 8.50. The number of aromatic amines is 1. The molecule has 3 aromatic rings. The minimum atomic E-state index is -0.298. The van der Waals surface area contributed by atoms with Gasteiger partial charge in [-0.1, -0.05) is 0 Å². The summed E-state index contributed by atoms with van der Waals surface area (Å²) in [4.78, 5) is 28.4. The lowest BCUT2D eigenvalue weighted by Crippen LogP contribution is -2.24. The normalized spacial score (nSPS) is 26.6. The number of aromatic nitrogens is 2. The highest BCUT2D eigenvalue weighted by molar-refractivity contribution is 7.12. The molecule has 2 saturated carbocycles. The molecule has 3 N–H and O–H groups in total. The zero-order chi connectivity index (χ0) is 19.2. The van der Waals surface area contributed by atoms with Gasteiger partial charge in [0, 0.05) is 30.6 Å². The van der Waals surface area contributed by atoms with Crippen molar-refractivity contribution in [2.75, 3.05) is 25.1 Å². The number of fused-ring (bicyclic) bond motifs is 2. The smallest absolute Gasteiger partial charge is 0.271 e. The van der Waals surface area contributed by atoms with E-state index in [0.29, 0.717) is 17.5 Å². The minimum absolute atomic E-state index is 0.212. The van der Waals surface area contributed by atoms with E-state index < -0.39 is 0 Å². The SMILES string of the molecule is COc1c(N2CCC3(CC3N)C2)ccc2c(=O)c3c(=O)[nH]sc3n(C3CC3)c12. The number of H-pyrrole nitrogens is 1. The number of benzene rings is 1. The average molecular weight is 398 g/mol. The van der Waals surface area contributed by atoms with Crippen LogP contribution in [-0.4, -0.2) is 35.2 Å². The van der Waals surface area contributed by atoms with E-state index in [2.05, 4.69) is 13.8 Å². The third-order valence-corrected chi connectivity index (χ3v) is 7.70. The van der Waals surface area contributed by atoms with Gasteiger partial charge >= 0.3 is 0 Å². The van der Waals surface area contributed by atoms with Gasteiger partial charge in [-0.25, -0.2) is 0 Å². The van der Waals surface area contributed by atoms with Crippen LogP contribution in [0.15, 0.2) is 21.7 Å². The molecule has 8 heteroatoms. The van der Waals surface area contributed by atoms with Crippen LogP contribution in [-0.2, 0) is 0 Å². The van der Waals surface area contributed by atoms with E-state index in [1.54, 1.807) is 7.11 Å². The Bertz CT molecular complexity index is 1250. The van der Waals surface area contributed by atoms with Crippen molar-refractivity contribution < 1.29 is 4.74 Å². The van der Waals surface area contributed by atoms with E-state index in [1.807, 2.05) is 12.1 Å². The highest BCUT2D eigenvalue weighted by atomic mass is 32.1. The zero-order valence-electron chi connectivity index (χ0n) is 15.7. The molecule has 28 heavy (non-hydrogen) atoms. The molecule has 1 spiro atoms. The first kappa shape index (κ1) is 16.6. The Hall–Kier alpha value is -2.32. The van der Waals surface area contributed by atoms with Crippen LogP contribution in [0, 0.1) is 5.41 Å². The number of nitrogens with zero attached hydrogens (tertiary/aromatic N) is 2. The van der Waals surface area contributed by atoms with E-state index in [1.165, 1.54) is 11.5 Å². The quantitative estimate of drug-likeness (QED) is 0.705. The van der Waals surface area contributed by atoms with Gasteiger partial charge in [0.1, 0.15) is 10.2 Å². The highest BCUT2D eigenvalue weighted by Gasteiger charge is 2.55. The van der Waals surface area contributed by atoms with Crippen molar-refractivity contribution in [3.05, 3.63) is 32.7 Å². The summed E-state index contributed by atoms with van der Waals surface area (Å²) < 4.78 is 10.8. The van der Waals surface area contributed by atoms with E-state index in [4.69, 9.17) is 10.5 Å². The number of methoxy groups -OCH3 is 1. The molecule has 0 amide bonds. The molecule has 6 rings (SSSR count). The Balaban J connectivity index is 1.64. The maximum atomic E-state index is 13.1. The van der Waals surface area contributed by atoms with Crippen LogP contribution in [0.3, 0.4) is 0 Å². The van der Waals surface area contributed by atoms with Crippen LogP contribution in [0.5, 0.6) is 5.75 Å². The molecule has 0 radical (unpaired) electrons. The first-order valence-electron chi connectivity index (χ1n) is 9.81. The number of nitrogens with two attached hydrogens (primary N) is 1. The van der Waals surface area contributed by atoms with Crippen molar-refractivity contribution in [3.8, 4) is 5.75 Å². The number of hydrogen-bond acceptors (Lipinski definition) is 6. The molecule has 3 heterocycles. The summed E-state index contributed by atoms with van der Waals surface area (Å²) in [5.74, 6) is 0.732. The summed E-state index contributed by atoms with van der Waals surface area (Å²) in [6.07, 6.45) is 4.29. The maximum Gasteiger partial charge on any atom is 0.271 e. The molecular formula is C20H22N4O3S. The van der Waals surface area contributed by atoms with Gasteiger partial charge < -0.3 is 19.9 Å². The molecule has 2 unspecified atom stereocenters. The maximum absolute atomic E-state index is 13.1.